The minimum atomic E-state index is -0.481. The van der Waals surface area contributed by atoms with Crippen LogP contribution in [0.1, 0.15) is 25.6 Å². The van der Waals surface area contributed by atoms with E-state index in [9.17, 15) is 4.79 Å². The van der Waals surface area contributed by atoms with Crippen molar-refractivity contribution in [1.29, 1.82) is 0 Å². The average Bonchev–Trinajstić information content (AvgIpc) is 2.35. The molecule has 6 heteroatoms. The van der Waals surface area contributed by atoms with Crippen LogP contribution in [-0.2, 0) is 4.79 Å². The van der Waals surface area contributed by atoms with E-state index in [0.717, 1.165) is 5.69 Å². The Morgan fingerprint density at radius 3 is 2.88 bits per heavy atom. The summed E-state index contributed by atoms with van der Waals surface area (Å²) in [6.07, 6.45) is 1.68. The number of carbonyl (C=O) groups is 1. The van der Waals surface area contributed by atoms with Crippen LogP contribution in [0.3, 0.4) is 0 Å². The van der Waals surface area contributed by atoms with Gasteiger partial charge < -0.3 is 5.21 Å². The SMILES string of the molecule is C/C(=N\O)C(=O)NNC(C)c1ccccn1. The lowest BCUT2D eigenvalue weighted by Crippen LogP contribution is -2.42. The second-order valence-corrected chi connectivity index (χ2v) is 3.26. The van der Waals surface area contributed by atoms with E-state index in [1.807, 2.05) is 25.1 Å². The number of nitrogens with zero attached hydrogens (tertiary/aromatic N) is 2. The van der Waals surface area contributed by atoms with Gasteiger partial charge in [0.25, 0.3) is 5.91 Å². The summed E-state index contributed by atoms with van der Waals surface area (Å²) < 4.78 is 0. The van der Waals surface area contributed by atoms with Crippen molar-refractivity contribution in [3.8, 4) is 0 Å². The molecular formula is C10H14N4O2. The molecule has 0 aliphatic heterocycles. The molecule has 0 saturated heterocycles. The maximum atomic E-state index is 11.2. The average molecular weight is 222 g/mol. The van der Waals surface area contributed by atoms with Gasteiger partial charge in [0.15, 0.2) is 0 Å². The standard InChI is InChI=1S/C10H14N4O2/c1-7(9-5-3-4-6-11-9)12-13-10(15)8(2)14-16/h3-7,12,16H,1-2H3,(H,13,15)/b14-8+. The smallest absolute Gasteiger partial charge is 0.282 e. The lowest BCUT2D eigenvalue weighted by atomic mass is 10.2. The topological polar surface area (TPSA) is 86.6 Å². The van der Waals surface area contributed by atoms with E-state index < -0.39 is 5.91 Å². The third kappa shape index (κ3) is 3.32. The highest BCUT2D eigenvalue weighted by molar-refractivity contribution is 6.37. The molecule has 0 radical (unpaired) electrons. The van der Waals surface area contributed by atoms with Gasteiger partial charge in [-0.15, -0.1) is 0 Å². The third-order valence-electron chi connectivity index (χ3n) is 2.01. The minimum absolute atomic E-state index is 0.0132. The van der Waals surface area contributed by atoms with Gasteiger partial charge in [-0.2, -0.15) is 0 Å². The molecule has 0 bridgehead atoms. The van der Waals surface area contributed by atoms with Crippen molar-refractivity contribution in [2.75, 3.05) is 0 Å². The molecule has 1 aromatic rings. The van der Waals surface area contributed by atoms with Crippen LogP contribution in [-0.4, -0.2) is 21.8 Å². The number of carbonyl (C=O) groups excluding carboxylic acids is 1. The molecule has 0 aliphatic rings. The van der Waals surface area contributed by atoms with Gasteiger partial charge >= 0.3 is 0 Å². The fourth-order valence-electron chi connectivity index (χ4n) is 1.02. The Morgan fingerprint density at radius 1 is 1.56 bits per heavy atom. The highest BCUT2D eigenvalue weighted by Gasteiger charge is 2.09. The van der Waals surface area contributed by atoms with Crippen molar-refractivity contribution in [2.45, 2.75) is 19.9 Å². The minimum Gasteiger partial charge on any atom is -0.410 e. The van der Waals surface area contributed by atoms with Gasteiger partial charge in [0.2, 0.25) is 0 Å². The molecule has 1 unspecified atom stereocenters. The number of hydrazine groups is 1. The zero-order valence-corrected chi connectivity index (χ0v) is 9.14. The Balaban J connectivity index is 2.48. The number of rotatable bonds is 4. The molecule has 16 heavy (non-hydrogen) atoms. The molecule has 1 amide bonds. The van der Waals surface area contributed by atoms with Crippen LogP contribution in [0.4, 0.5) is 0 Å². The van der Waals surface area contributed by atoms with Gasteiger partial charge in [-0.3, -0.25) is 15.2 Å². The monoisotopic (exact) mass is 222 g/mol. The zero-order valence-electron chi connectivity index (χ0n) is 9.14. The Morgan fingerprint density at radius 2 is 2.31 bits per heavy atom. The van der Waals surface area contributed by atoms with E-state index in [1.165, 1.54) is 6.92 Å². The first-order valence-electron chi connectivity index (χ1n) is 4.80. The van der Waals surface area contributed by atoms with Crippen LogP contribution in [0.2, 0.25) is 0 Å². The van der Waals surface area contributed by atoms with Gasteiger partial charge in [0, 0.05) is 6.20 Å². The highest BCUT2D eigenvalue weighted by atomic mass is 16.4. The second-order valence-electron chi connectivity index (χ2n) is 3.26. The molecule has 6 nitrogen and oxygen atoms in total. The van der Waals surface area contributed by atoms with Crippen molar-refractivity contribution < 1.29 is 10.0 Å². The van der Waals surface area contributed by atoms with Crippen LogP contribution in [0.5, 0.6) is 0 Å². The van der Waals surface area contributed by atoms with E-state index in [0.29, 0.717) is 0 Å². The highest BCUT2D eigenvalue weighted by Crippen LogP contribution is 2.05. The maximum absolute atomic E-state index is 11.2. The lowest BCUT2D eigenvalue weighted by Gasteiger charge is -2.13. The van der Waals surface area contributed by atoms with Gasteiger partial charge in [-0.25, -0.2) is 5.43 Å². The van der Waals surface area contributed by atoms with Gasteiger partial charge in [-0.1, -0.05) is 11.2 Å². The number of amides is 1. The van der Waals surface area contributed by atoms with Crippen LogP contribution in [0, 0.1) is 0 Å². The van der Waals surface area contributed by atoms with Crippen molar-refractivity contribution in [2.24, 2.45) is 5.16 Å². The third-order valence-corrected chi connectivity index (χ3v) is 2.01. The lowest BCUT2D eigenvalue weighted by molar-refractivity contribution is -0.116. The molecule has 1 atom stereocenters. The van der Waals surface area contributed by atoms with E-state index in [1.54, 1.807) is 6.20 Å². The number of hydrogen-bond donors (Lipinski definition) is 3. The second kappa shape index (κ2) is 5.82. The van der Waals surface area contributed by atoms with Gasteiger partial charge in [-0.05, 0) is 26.0 Å². The molecule has 86 valence electrons. The van der Waals surface area contributed by atoms with E-state index >= 15 is 0 Å². The number of oxime groups is 1. The zero-order chi connectivity index (χ0) is 12.0. The van der Waals surface area contributed by atoms with Gasteiger partial charge in [0.05, 0.1) is 11.7 Å². The normalized spacial score (nSPS) is 13.2. The summed E-state index contributed by atoms with van der Waals surface area (Å²) in [6.45, 7) is 3.26. The van der Waals surface area contributed by atoms with E-state index in [4.69, 9.17) is 5.21 Å². The first kappa shape index (κ1) is 12.1. The summed E-state index contributed by atoms with van der Waals surface area (Å²) >= 11 is 0. The van der Waals surface area contributed by atoms with Gasteiger partial charge in [0.1, 0.15) is 5.71 Å². The molecule has 1 aromatic heterocycles. The predicted molar refractivity (Wildman–Crippen MR) is 58.8 cm³/mol. The van der Waals surface area contributed by atoms with Crippen molar-refractivity contribution >= 4 is 11.6 Å². The summed E-state index contributed by atoms with van der Waals surface area (Å²) in [5.74, 6) is -0.481. The molecule has 0 saturated carbocycles. The summed E-state index contributed by atoms with van der Waals surface area (Å²) in [4.78, 5) is 15.4. The van der Waals surface area contributed by atoms with Crippen molar-refractivity contribution in [3.63, 3.8) is 0 Å². The van der Waals surface area contributed by atoms with Crippen LogP contribution >= 0.6 is 0 Å². The Bertz CT molecular complexity index is 378. The molecule has 0 aliphatic carbocycles. The molecule has 3 N–H and O–H groups in total. The predicted octanol–water partition coefficient (Wildman–Crippen LogP) is 0.613. The van der Waals surface area contributed by atoms with E-state index in [-0.39, 0.29) is 11.8 Å². The number of aromatic nitrogens is 1. The van der Waals surface area contributed by atoms with Crippen LogP contribution < -0.4 is 10.9 Å². The summed E-state index contributed by atoms with van der Waals surface area (Å²) in [7, 11) is 0. The number of nitrogens with one attached hydrogen (secondary N) is 2. The maximum Gasteiger partial charge on any atom is 0.282 e. The van der Waals surface area contributed by atoms with Crippen LogP contribution in [0.15, 0.2) is 29.6 Å². The summed E-state index contributed by atoms with van der Waals surface area (Å²) in [6, 6.07) is 5.40. The molecule has 0 fully saturated rings. The number of pyridine rings is 1. The Kier molecular flexibility index (Phi) is 4.41. The van der Waals surface area contributed by atoms with Crippen molar-refractivity contribution in [3.05, 3.63) is 30.1 Å². The molecule has 1 rings (SSSR count). The van der Waals surface area contributed by atoms with Crippen LogP contribution in [0.25, 0.3) is 0 Å². The fraction of sp³-hybridized carbons (Fsp3) is 0.300. The molecule has 1 heterocycles. The summed E-state index contributed by atoms with van der Waals surface area (Å²) in [5, 5.41) is 11.2. The Labute approximate surface area is 93.4 Å². The first-order valence-corrected chi connectivity index (χ1v) is 4.80. The van der Waals surface area contributed by atoms with Crippen molar-refractivity contribution in [1.82, 2.24) is 15.8 Å². The fourth-order valence-corrected chi connectivity index (χ4v) is 1.02. The quantitative estimate of drug-likeness (QED) is 0.396. The molecule has 0 aromatic carbocycles. The first-order chi connectivity index (χ1) is 7.65. The molecular weight excluding hydrogens is 208 g/mol. The summed E-state index contributed by atoms with van der Waals surface area (Å²) in [5.41, 5.74) is 5.97. The van der Waals surface area contributed by atoms with E-state index in [2.05, 4.69) is 21.0 Å². The largest absolute Gasteiger partial charge is 0.410 e. The molecule has 0 spiro atoms. The number of hydrogen-bond acceptors (Lipinski definition) is 5. The Hall–Kier alpha value is -1.95.